The molecular formula is C10H11F3O3S. The van der Waals surface area contributed by atoms with Crippen LogP contribution in [0.15, 0.2) is 24.3 Å². The molecule has 0 aliphatic carbocycles. The Labute approximate surface area is 97.3 Å². The first-order valence-corrected chi connectivity index (χ1v) is 6.11. The van der Waals surface area contributed by atoms with Crippen molar-refractivity contribution in [3.05, 3.63) is 35.4 Å². The summed E-state index contributed by atoms with van der Waals surface area (Å²) in [5, 5.41) is 0. The Kier molecular flexibility index (Phi) is 3.83. The highest BCUT2D eigenvalue weighted by Crippen LogP contribution is 2.30. The molecule has 1 atom stereocenters. The lowest BCUT2D eigenvalue weighted by Crippen LogP contribution is -2.26. The van der Waals surface area contributed by atoms with E-state index in [2.05, 4.69) is 4.18 Å². The molecule has 0 aliphatic rings. The van der Waals surface area contributed by atoms with Gasteiger partial charge in [0, 0.05) is 0 Å². The fourth-order valence-corrected chi connectivity index (χ4v) is 1.93. The van der Waals surface area contributed by atoms with E-state index < -0.39 is 21.7 Å². The van der Waals surface area contributed by atoms with Crippen molar-refractivity contribution in [2.24, 2.45) is 0 Å². The van der Waals surface area contributed by atoms with Gasteiger partial charge in [0.15, 0.2) is 0 Å². The van der Waals surface area contributed by atoms with Crippen LogP contribution in [0, 0.1) is 6.92 Å². The molecule has 0 fully saturated rings. The van der Waals surface area contributed by atoms with Crippen LogP contribution in [0.5, 0.6) is 0 Å². The van der Waals surface area contributed by atoms with Gasteiger partial charge in [-0.2, -0.15) is 21.6 Å². The third-order valence-electron chi connectivity index (χ3n) is 2.18. The van der Waals surface area contributed by atoms with Crippen molar-refractivity contribution in [1.29, 1.82) is 0 Å². The van der Waals surface area contributed by atoms with Gasteiger partial charge < -0.3 is 0 Å². The van der Waals surface area contributed by atoms with Gasteiger partial charge >= 0.3 is 15.6 Å². The van der Waals surface area contributed by atoms with Crippen molar-refractivity contribution in [3.63, 3.8) is 0 Å². The van der Waals surface area contributed by atoms with E-state index in [1.54, 1.807) is 25.1 Å². The molecule has 0 spiro atoms. The standard InChI is InChI=1S/C10H11F3O3S/c1-7-5-3-4-6-9(7)8(2)16-17(14,15)10(11,12)13/h3-6,8H,1-2H3. The number of halogens is 3. The number of benzene rings is 1. The molecule has 0 bridgehead atoms. The average Bonchev–Trinajstić information content (AvgIpc) is 2.15. The maximum absolute atomic E-state index is 12.1. The minimum atomic E-state index is -5.56. The van der Waals surface area contributed by atoms with Crippen LogP contribution >= 0.6 is 0 Å². The molecule has 0 saturated heterocycles. The third-order valence-corrected chi connectivity index (χ3v) is 3.29. The van der Waals surface area contributed by atoms with Gasteiger partial charge in [-0.05, 0) is 25.0 Å². The van der Waals surface area contributed by atoms with Crippen LogP contribution in [0.2, 0.25) is 0 Å². The monoisotopic (exact) mass is 268 g/mol. The molecule has 0 radical (unpaired) electrons. The van der Waals surface area contributed by atoms with Crippen LogP contribution in [0.25, 0.3) is 0 Å². The van der Waals surface area contributed by atoms with Crippen LogP contribution in [0.1, 0.15) is 24.2 Å². The number of alkyl halides is 3. The van der Waals surface area contributed by atoms with Gasteiger partial charge in [-0.1, -0.05) is 24.3 Å². The summed E-state index contributed by atoms with van der Waals surface area (Å²) in [6.07, 6.45) is -1.18. The Bertz CT molecular complexity index is 494. The number of hydrogen-bond donors (Lipinski definition) is 0. The molecule has 0 amide bonds. The summed E-state index contributed by atoms with van der Waals surface area (Å²) >= 11 is 0. The Morgan fingerprint density at radius 3 is 2.24 bits per heavy atom. The minimum Gasteiger partial charge on any atom is -0.255 e. The van der Waals surface area contributed by atoms with Gasteiger partial charge in [-0.15, -0.1) is 0 Å². The molecular weight excluding hydrogens is 257 g/mol. The topological polar surface area (TPSA) is 43.4 Å². The minimum absolute atomic E-state index is 0.403. The van der Waals surface area contributed by atoms with E-state index in [1.807, 2.05) is 0 Å². The van der Waals surface area contributed by atoms with E-state index in [9.17, 15) is 21.6 Å². The van der Waals surface area contributed by atoms with Crippen LogP contribution in [0.4, 0.5) is 13.2 Å². The quantitative estimate of drug-likeness (QED) is 0.625. The fraction of sp³-hybridized carbons (Fsp3) is 0.400. The fourth-order valence-electron chi connectivity index (χ4n) is 1.34. The summed E-state index contributed by atoms with van der Waals surface area (Å²) in [6.45, 7) is 2.92. The lowest BCUT2D eigenvalue weighted by atomic mass is 10.1. The lowest BCUT2D eigenvalue weighted by Gasteiger charge is -2.16. The SMILES string of the molecule is Cc1ccccc1C(C)OS(=O)(=O)C(F)(F)F. The van der Waals surface area contributed by atoms with Gasteiger partial charge in [-0.3, -0.25) is 4.18 Å². The summed E-state index contributed by atoms with van der Waals surface area (Å²) in [7, 11) is -5.56. The maximum Gasteiger partial charge on any atom is 0.523 e. The van der Waals surface area contributed by atoms with Crippen molar-refractivity contribution >= 4 is 10.1 Å². The van der Waals surface area contributed by atoms with Crippen molar-refractivity contribution in [2.75, 3.05) is 0 Å². The molecule has 17 heavy (non-hydrogen) atoms. The molecule has 1 unspecified atom stereocenters. The van der Waals surface area contributed by atoms with Gasteiger partial charge in [0.1, 0.15) is 0 Å². The van der Waals surface area contributed by atoms with Crippen LogP contribution in [-0.2, 0) is 14.3 Å². The lowest BCUT2D eigenvalue weighted by molar-refractivity contribution is -0.0569. The Balaban J connectivity index is 2.96. The van der Waals surface area contributed by atoms with E-state index in [-0.39, 0.29) is 0 Å². The predicted octanol–water partition coefficient (Wildman–Crippen LogP) is 2.92. The maximum atomic E-state index is 12.1. The molecule has 3 nitrogen and oxygen atoms in total. The van der Waals surface area contributed by atoms with E-state index in [0.29, 0.717) is 11.1 Å². The first-order valence-electron chi connectivity index (χ1n) is 4.70. The Morgan fingerprint density at radius 1 is 1.24 bits per heavy atom. The molecule has 0 N–H and O–H groups in total. The van der Waals surface area contributed by atoms with Gasteiger partial charge in [0.2, 0.25) is 0 Å². The van der Waals surface area contributed by atoms with Crippen LogP contribution in [0.3, 0.4) is 0 Å². The van der Waals surface area contributed by atoms with Crippen molar-refractivity contribution < 1.29 is 25.8 Å². The summed E-state index contributed by atoms with van der Waals surface area (Å²) in [5.41, 5.74) is -4.33. The zero-order valence-electron chi connectivity index (χ0n) is 9.15. The smallest absolute Gasteiger partial charge is 0.255 e. The Morgan fingerprint density at radius 2 is 1.76 bits per heavy atom. The predicted molar refractivity (Wildman–Crippen MR) is 55.7 cm³/mol. The summed E-state index contributed by atoms with van der Waals surface area (Å²) in [6, 6.07) is 6.48. The van der Waals surface area contributed by atoms with Crippen LogP contribution < -0.4 is 0 Å². The van der Waals surface area contributed by atoms with Gasteiger partial charge in [0.05, 0.1) is 6.10 Å². The zero-order chi connectivity index (χ0) is 13.3. The van der Waals surface area contributed by atoms with Crippen LogP contribution in [-0.4, -0.2) is 13.9 Å². The molecule has 7 heteroatoms. The zero-order valence-corrected chi connectivity index (χ0v) is 9.97. The first-order chi connectivity index (χ1) is 7.65. The average molecular weight is 268 g/mol. The second-order valence-corrected chi connectivity index (χ2v) is 5.06. The molecule has 1 rings (SSSR count). The van der Waals surface area contributed by atoms with E-state index in [4.69, 9.17) is 0 Å². The molecule has 1 aromatic carbocycles. The second kappa shape index (κ2) is 4.66. The highest BCUT2D eigenvalue weighted by molar-refractivity contribution is 7.87. The molecule has 0 saturated carbocycles. The number of aryl methyl sites for hydroxylation is 1. The molecule has 0 heterocycles. The summed E-state index contributed by atoms with van der Waals surface area (Å²) in [4.78, 5) is 0. The summed E-state index contributed by atoms with van der Waals surface area (Å²) < 4.78 is 62.0. The van der Waals surface area contributed by atoms with E-state index in [1.165, 1.54) is 13.0 Å². The van der Waals surface area contributed by atoms with E-state index >= 15 is 0 Å². The summed E-state index contributed by atoms with van der Waals surface area (Å²) in [5.74, 6) is 0. The molecule has 96 valence electrons. The van der Waals surface area contributed by atoms with Crippen molar-refractivity contribution in [2.45, 2.75) is 25.5 Å². The second-order valence-electron chi connectivity index (χ2n) is 3.49. The molecule has 0 aromatic heterocycles. The van der Waals surface area contributed by atoms with E-state index in [0.717, 1.165) is 0 Å². The van der Waals surface area contributed by atoms with Gasteiger partial charge in [0.25, 0.3) is 0 Å². The molecule has 1 aromatic rings. The van der Waals surface area contributed by atoms with Crippen molar-refractivity contribution in [1.82, 2.24) is 0 Å². The van der Waals surface area contributed by atoms with Crippen molar-refractivity contribution in [3.8, 4) is 0 Å². The largest absolute Gasteiger partial charge is 0.523 e. The number of hydrogen-bond acceptors (Lipinski definition) is 3. The molecule has 0 aliphatic heterocycles. The first kappa shape index (κ1) is 14.0. The third kappa shape index (κ3) is 3.19. The normalized spacial score (nSPS) is 14.6. The number of rotatable bonds is 3. The highest BCUT2D eigenvalue weighted by atomic mass is 32.2. The highest BCUT2D eigenvalue weighted by Gasteiger charge is 2.48. The Hall–Kier alpha value is -1.08. The van der Waals surface area contributed by atoms with Gasteiger partial charge in [-0.25, -0.2) is 0 Å².